The first-order chi connectivity index (χ1) is 13.2. The maximum absolute atomic E-state index is 12.1. The van der Waals surface area contributed by atoms with Crippen LogP contribution in [0.15, 0.2) is 36.7 Å². The lowest BCUT2D eigenvalue weighted by Gasteiger charge is -2.35. The molecule has 0 spiro atoms. The summed E-state index contributed by atoms with van der Waals surface area (Å²) in [4.78, 5) is 24.8. The van der Waals surface area contributed by atoms with Gasteiger partial charge < -0.3 is 15.7 Å². The minimum Gasteiger partial charge on any atom is -0.395 e. The minimum atomic E-state index is -0.182. The molecule has 9 heteroatoms. The molecule has 9 nitrogen and oxygen atoms in total. The normalized spacial score (nSPS) is 14.8. The largest absolute Gasteiger partial charge is 0.395 e. The van der Waals surface area contributed by atoms with Crippen molar-refractivity contribution in [2.75, 3.05) is 55.4 Å². The SMILES string of the molecule is Nc1c(NNC(=O)Cc2ccccc2)ncnc1N1CCN(CCO)CC1. The lowest BCUT2D eigenvalue weighted by molar-refractivity contribution is -0.119. The maximum Gasteiger partial charge on any atom is 0.242 e. The highest BCUT2D eigenvalue weighted by molar-refractivity contribution is 5.82. The van der Waals surface area contributed by atoms with Crippen molar-refractivity contribution in [3.63, 3.8) is 0 Å². The van der Waals surface area contributed by atoms with E-state index in [0.717, 1.165) is 31.7 Å². The van der Waals surface area contributed by atoms with E-state index in [4.69, 9.17) is 10.8 Å². The van der Waals surface area contributed by atoms with Gasteiger partial charge in [-0.3, -0.25) is 20.5 Å². The van der Waals surface area contributed by atoms with Crippen LogP contribution < -0.4 is 21.5 Å². The van der Waals surface area contributed by atoms with E-state index in [9.17, 15) is 4.79 Å². The summed E-state index contributed by atoms with van der Waals surface area (Å²) >= 11 is 0. The molecule has 0 atom stereocenters. The second kappa shape index (κ2) is 9.15. The first-order valence-corrected chi connectivity index (χ1v) is 8.95. The monoisotopic (exact) mass is 371 g/mol. The molecule has 1 fully saturated rings. The Hall–Kier alpha value is -2.91. The summed E-state index contributed by atoms with van der Waals surface area (Å²) in [5.41, 5.74) is 13.0. The highest BCUT2D eigenvalue weighted by Gasteiger charge is 2.21. The summed E-state index contributed by atoms with van der Waals surface area (Å²) in [7, 11) is 0. The Labute approximate surface area is 158 Å². The second-order valence-corrected chi connectivity index (χ2v) is 6.35. The molecule has 1 aromatic carbocycles. The first-order valence-electron chi connectivity index (χ1n) is 8.95. The fourth-order valence-corrected chi connectivity index (χ4v) is 3.02. The van der Waals surface area contributed by atoms with E-state index >= 15 is 0 Å². The summed E-state index contributed by atoms with van der Waals surface area (Å²) in [6, 6.07) is 9.49. The molecule has 0 bridgehead atoms. The number of anilines is 3. The average Bonchev–Trinajstić information content (AvgIpc) is 2.69. The van der Waals surface area contributed by atoms with Crippen molar-refractivity contribution < 1.29 is 9.90 Å². The summed E-state index contributed by atoms with van der Waals surface area (Å²) in [6.45, 7) is 4.03. The number of carbonyl (C=O) groups excluding carboxylic acids is 1. The second-order valence-electron chi connectivity index (χ2n) is 6.35. The van der Waals surface area contributed by atoms with Crippen molar-refractivity contribution in [2.45, 2.75) is 6.42 Å². The quantitative estimate of drug-likeness (QED) is 0.497. The molecule has 27 heavy (non-hydrogen) atoms. The van der Waals surface area contributed by atoms with E-state index in [1.54, 1.807) is 0 Å². The van der Waals surface area contributed by atoms with Gasteiger partial charge in [0.2, 0.25) is 5.91 Å². The van der Waals surface area contributed by atoms with Crippen LogP contribution in [0.5, 0.6) is 0 Å². The van der Waals surface area contributed by atoms with Crippen molar-refractivity contribution in [2.24, 2.45) is 0 Å². The molecule has 1 saturated heterocycles. The predicted molar refractivity (Wildman–Crippen MR) is 104 cm³/mol. The number of rotatable bonds is 7. The molecule has 0 radical (unpaired) electrons. The van der Waals surface area contributed by atoms with Gasteiger partial charge in [-0.05, 0) is 5.56 Å². The van der Waals surface area contributed by atoms with Crippen molar-refractivity contribution in [3.05, 3.63) is 42.2 Å². The van der Waals surface area contributed by atoms with Crippen LogP contribution in [0.2, 0.25) is 0 Å². The smallest absolute Gasteiger partial charge is 0.242 e. The molecule has 2 heterocycles. The Kier molecular flexibility index (Phi) is 6.39. The molecule has 0 unspecified atom stereocenters. The number of nitrogen functional groups attached to an aromatic ring is 1. The molecule has 0 aliphatic carbocycles. The number of hydrogen-bond acceptors (Lipinski definition) is 8. The van der Waals surface area contributed by atoms with Gasteiger partial charge in [-0.15, -0.1) is 0 Å². The number of carbonyl (C=O) groups is 1. The Morgan fingerprint density at radius 1 is 1.15 bits per heavy atom. The molecule has 144 valence electrons. The molecule has 1 aliphatic rings. The van der Waals surface area contributed by atoms with Crippen LogP contribution in [0.3, 0.4) is 0 Å². The van der Waals surface area contributed by atoms with E-state index in [1.807, 2.05) is 30.3 Å². The molecular weight excluding hydrogens is 346 g/mol. The van der Waals surface area contributed by atoms with Gasteiger partial charge in [0.15, 0.2) is 11.6 Å². The standard InChI is InChI=1S/C18H25N7O2/c19-16-17(23-22-15(27)12-14-4-2-1-3-5-14)20-13-21-18(16)25-8-6-24(7-9-25)10-11-26/h1-5,13,26H,6-12,19H2,(H,22,27)(H,20,21,23). The highest BCUT2D eigenvalue weighted by atomic mass is 16.3. The van der Waals surface area contributed by atoms with Gasteiger partial charge in [-0.2, -0.15) is 0 Å². The van der Waals surface area contributed by atoms with Crippen LogP contribution >= 0.6 is 0 Å². The van der Waals surface area contributed by atoms with Gasteiger partial charge in [0, 0.05) is 32.7 Å². The molecule has 1 aliphatic heterocycles. The number of aliphatic hydroxyl groups is 1. The topological polar surface area (TPSA) is 120 Å². The molecule has 5 N–H and O–H groups in total. The summed E-state index contributed by atoms with van der Waals surface area (Å²) in [5.74, 6) is 0.839. The van der Waals surface area contributed by atoms with Crippen molar-refractivity contribution in [1.29, 1.82) is 0 Å². The molecule has 0 saturated carbocycles. The number of amides is 1. The number of benzene rings is 1. The zero-order valence-corrected chi connectivity index (χ0v) is 15.1. The number of nitrogens with zero attached hydrogens (tertiary/aromatic N) is 4. The zero-order valence-electron chi connectivity index (χ0n) is 15.1. The summed E-state index contributed by atoms with van der Waals surface area (Å²) in [6.07, 6.45) is 1.69. The van der Waals surface area contributed by atoms with Crippen LogP contribution in [0, 0.1) is 0 Å². The lowest BCUT2D eigenvalue weighted by Crippen LogP contribution is -2.47. The van der Waals surface area contributed by atoms with Crippen molar-refractivity contribution in [1.82, 2.24) is 20.3 Å². The van der Waals surface area contributed by atoms with Crippen molar-refractivity contribution >= 4 is 23.2 Å². The van der Waals surface area contributed by atoms with Crippen LogP contribution in [-0.4, -0.2) is 65.2 Å². The minimum absolute atomic E-state index is 0.159. The van der Waals surface area contributed by atoms with Gasteiger partial charge in [0.25, 0.3) is 0 Å². The van der Waals surface area contributed by atoms with E-state index in [0.29, 0.717) is 23.9 Å². The van der Waals surface area contributed by atoms with Gasteiger partial charge in [0.1, 0.15) is 12.0 Å². The number of β-amino-alcohol motifs (C(OH)–C–C–N with tert-alkyl or cyclic N) is 1. The zero-order chi connectivity index (χ0) is 19.1. The number of aromatic nitrogens is 2. The van der Waals surface area contributed by atoms with Crippen LogP contribution in [-0.2, 0) is 11.2 Å². The Morgan fingerprint density at radius 2 is 1.89 bits per heavy atom. The van der Waals surface area contributed by atoms with E-state index in [-0.39, 0.29) is 18.9 Å². The van der Waals surface area contributed by atoms with Gasteiger partial charge in [-0.1, -0.05) is 30.3 Å². The van der Waals surface area contributed by atoms with Gasteiger partial charge in [-0.25, -0.2) is 9.97 Å². The van der Waals surface area contributed by atoms with Gasteiger partial charge >= 0.3 is 0 Å². The maximum atomic E-state index is 12.1. The predicted octanol–water partition coefficient (Wildman–Crippen LogP) is -0.141. The molecule has 1 amide bonds. The van der Waals surface area contributed by atoms with E-state index < -0.39 is 0 Å². The third-order valence-corrected chi connectivity index (χ3v) is 4.48. The average molecular weight is 371 g/mol. The first kappa shape index (κ1) is 18.9. The Morgan fingerprint density at radius 3 is 2.59 bits per heavy atom. The third kappa shape index (κ3) is 5.05. The molecule has 3 rings (SSSR count). The summed E-state index contributed by atoms with van der Waals surface area (Å²) in [5, 5.41) is 9.04. The number of hydrogen-bond donors (Lipinski definition) is 4. The fourth-order valence-electron chi connectivity index (χ4n) is 3.02. The molecule has 1 aromatic heterocycles. The lowest BCUT2D eigenvalue weighted by atomic mass is 10.1. The van der Waals surface area contributed by atoms with Gasteiger partial charge in [0.05, 0.1) is 13.0 Å². The van der Waals surface area contributed by atoms with Crippen LogP contribution in [0.1, 0.15) is 5.56 Å². The van der Waals surface area contributed by atoms with Crippen LogP contribution in [0.25, 0.3) is 0 Å². The Balaban J connectivity index is 1.57. The Bertz CT molecular complexity index is 749. The molecule has 2 aromatic rings. The molecular formula is C18H25N7O2. The van der Waals surface area contributed by atoms with Crippen LogP contribution in [0.4, 0.5) is 17.3 Å². The van der Waals surface area contributed by atoms with E-state index in [1.165, 1.54) is 6.33 Å². The fraction of sp³-hybridized carbons (Fsp3) is 0.389. The van der Waals surface area contributed by atoms with E-state index in [2.05, 4.69) is 30.6 Å². The third-order valence-electron chi connectivity index (χ3n) is 4.48. The number of piperazine rings is 1. The number of aliphatic hydroxyl groups excluding tert-OH is 1. The summed E-state index contributed by atoms with van der Waals surface area (Å²) < 4.78 is 0. The number of nitrogens with two attached hydrogens (primary N) is 1. The highest BCUT2D eigenvalue weighted by Crippen LogP contribution is 2.26. The number of hydrazine groups is 1. The van der Waals surface area contributed by atoms with Crippen molar-refractivity contribution in [3.8, 4) is 0 Å². The number of nitrogens with one attached hydrogen (secondary N) is 2.